The summed E-state index contributed by atoms with van der Waals surface area (Å²) in [5.74, 6) is -1.26. The molecule has 0 unspecified atom stereocenters. The zero-order valence-corrected chi connectivity index (χ0v) is 12.1. The fourth-order valence-corrected chi connectivity index (χ4v) is 1.73. The Morgan fingerprint density at radius 3 is 2.67 bits per heavy atom. The summed E-state index contributed by atoms with van der Waals surface area (Å²) in [6.45, 7) is 5.84. The molecule has 0 aromatic heterocycles. The van der Waals surface area contributed by atoms with Gasteiger partial charge in [0.05, 0.1) is 6.61 Å². The van der Waals surface area contributed by atoms with Crippen molar-refractivity contribution in [3.05, 3.63) is 36.4 Å². The highest BCUT2D eigenvalue weighted by Crippen LogP contribution is 2.25. The third kappa shape index (κ3) is 5.69. The second-order valence-electron chi connectivity index (χ2n) is 4.50. The summed E-state index contributed by atoms with van der Waals surface area (Å²) in [4.78, 5) is 22.3. The van der Waals surface area contributed by atoms with E-state index in [9.17, 15) is 9.59 Å². The van der Waals surface area contributed by atoms with E-state index in [1.807, 2.05) is 0 Å². The minimum atomic E-state index is -1.08. The second-order valence-corrected chi connectivity index (χ2v) is 4.50. The summed E-state index contributed by atoms with van der Waals surface area (Å²) in [6.07, 6.45) is 5.16. The first-order valence-electron chi connectivity index (χ1n) is 6.92. The molecule has 0 radical (unpaired) electrons. The number of hydrogen-bond donors (Lipinski definition) is 1. The minimum Gasteiger partial charge on any atom is -0.493 e. The van der Waals surface area contributed by atoms with Crippen molar-refractivity contribution in [2.75, 3.05) is 6.61 Å². The Kier molecular flexibility index (Phi) is 7.01. The molecule has 0 atom stereocenters. The molecule has 1 aromatic carbocycles. The van der Waals surface area contributed by atoms with E-state index >= 15 is 0 Å². The molecule has 0 spiro atoms. The van der Waals surface area contributed by atoms with Crippen LogP contribution in [0.15, 0.2) is 30.9 Å². The smallest absolute Gasteiger partial charge is 0.339 e. The van der Waals surface area contributed by atoms with Crippen LogP contribution in [0.4, 0.5) is 0 Å². The predicted molar refractivity (Wildman–Crippen MR) is 78.9 cm³/mol. The van der Waals surface area contributed by atoms with Gasteiger partial charge in [-0.3, -0.25) is 0 Å². The van der Waals surface area contributed by atoms with Crippen molar-refractivity contribution in [2.45, 2.75) is 32.6 Å². The molecule has 1 aromatic rings. The van der Waals surface area contributed by atoms with E-state index in [0.717, 1.165) is 31.8 Å². The van der Waals surface area contributed by atoms with Gasteiger partial charge < -0.3 is 14.6 Å². The van der Waals surface area contributed by atoms with Gasteiger partial charge in [0.2, 0.25) is 0 Å². The topological polar surface area (TPSA) is 72.8 Å². The van der Waals surface area contributed by atoms with Crippen molar-refractivity contribution in [3.63, 3.8) is 0 Å². The summed E-state index contributed by atoms with van der Waals surface area (Å²) in [5, 5.41) is 9.12. The summed E-state index contributed by atoms with van der Waals surface area (Å²) in [7, 11) is 0. The monoisotopic (exact) mass is 292 g/mol. The van der Waals surface area contributed by atoms with E-state index in [0.29, 0.717) is 6.61 Å². The second kappa shape index (κ2) is 8.79. The molecule has 5 heteroatoms. The van der Waals surface area contributed by atoms with Gasteiger partial charge in [-0.05, 0) is 18.6 Å². The Labute approximate surface area is 124 Å². The zero-order chi connectivity index (χ0) is 15.7. The molecule has 0 aliphatic carbocycles. The highest BCUT2D eigenvalue weighted by Gasteiger charge is 2.13. The first-order valence-corrected chi connectivity index (χ1v) is 6.92. The normalized spacial score (nSPS) is 9.95. The van der Waals surface area contributed by atoms with E-state index in [1.165, 1.54) is 18.2 Å². The third-order valence-electron chi connectivity index (χ3n) is 2.82. The Morgan fingerprint density at radius 2 is 2.05 bits per heavy atom. The molecule has 0 bridgehead atoms. The van der Waals surface area contributed by atoms with Gasteiger partial charge in [-0.25, -0.2) is 9.59 Å². The van der Waals surface area contributed by atoms with E-state index in [2.05, 4.69) is 13.5 Å². The number of carbonyl (C=O) groups is 2. The molecule has 0 heterocycles. The first-order chi connectivity index (χ1) is 10.1. The number of carboxylic acid groups (broad SMARTS) is 1. The van der Waals surface area contributed by atoms with Crippen LogP contribution >= 0.6 is 0 Å². The van der Waals surface area contributed by atoms with Crippen molar-refractivity contribution < 1.29 is 24.2 Å². The summed E-state index contributed by atoms with van der Waals surface area (Å²) < 4.78 is 10.5. The Balaban J connectivity index is 2.76. The van der Waals surface area contributed by atoms with Gasteiger partial charge in [0.1, 0.15) is 17.1 Å². The maximum Gasteiger partial charge on any atom is 0.339 e. The van der Waals surface area contributed by atoms with Crippen molar-refractivity contribution in [1.82, 2.24) is 0 Å². The number of ether oxygens (including phenoxy) is 2. The molecule has 5 nitrogen and oxygen atoms in total. The largest absolute Gasteiger partial charge is 0.493 e. The lowest BCUT2D eigenvalue weighted by Gasteiger charge is -2.11. The van der Waals surface area contributed by atoms with Gasteiger partial charge in [-0.1, -0.05) is 32.8 Å². The number of unbranched alkanes of at least 4 members (excludes halogenated alkanes) is 3. The van der Waals surface area contributed by atoms with Gasteiger partial charge in [0.15, 0.2) is 0 Å². The molecule has 114 valence electrons. The Bertz CT molecular complexity index is 507. The zero-order valence-electron chi connectivity index (χ0n) is 12.1. The average molecular weight is 292 g/mol. The maximum atomic E-state index is 11.1. The van der Waals surface area contributed by atoms with Crippen molar-refractivity contribution in [3.8, 4) is 11.5 Å². The van der Waals surface area contributed by atoms with Crippen molar-refractivity contribution in [1.29, 1.82) is 0 Å². The summed E-state index contributed by atoms with van der Waals surface area (Å²) in [6, 6.07) is 4.18. The van der Waals surface area contributed by atoms with Gasteiger partial charge in [-0.2, -0.15) is 0 Å². The lowest BCUT2D eigenvalue weighted by Crippen LogP contribution is -2.07. The average Bonchev–Trinajstić information content (AvgIpc) is 2.46. The van der Waals surface area contributed by atoms with E-state index < -0.39 is 11.9 Å². The fourth-order valence-electron chi connectivity index (χ4n) is 1.73. The van der Waals surface area contributed by atoms with E-state index in [-0.39, 0.29) is 17.1 Å². The lowest BCUT2D eigenvalue weighted by molar-refractivity contribution is -0.128. The maximum absolute atomic E-state index is 11.1. The number of carboxylic acids is 1. The Hall–Kier alpha value is -2.30. The van der Waals surface area contributed by atoms with Gasteiger partial charge in [0, 0.05) is 12.1 Å². The molecule has 0 aliphatic heterocycles. The number of aromatic carboxylic acids is 1. The number of hydrogen-bond acceptors (Lipinski definition) is 4. The molecule has 0 fully saturated rings. The van der Waals surface area contributed by atoms with Crippen LogP contribution in [0.25, 0.3) is 0 Å². The minimum absolute atomic E-state index is 0.0453. The number of benzene rings is 1. The molecule has 0 aliphatic rings. The highest BCUT2D eigenvalue weighted by atomic mass is 16.5. The molecule has 0 saturated carbocycles. The van der Waals surface area contributed by atoms with Gasteiger partial charge >= 0.3 is 11.9 Å². The SMILES string of the molecule is C=CC(=O)Oc1ccc(C(=O)O)c(OCCCCCC)c1. The first kappa shape index (κ1) is 16.8. The van der Waals surface area contributed by atoms with E-state index in [4.69, 9.17) is 14.6 Å². The van der Waals surface area contributed by atoms with E-state index in [1.54, 1.807) is 0 Å². The van der Waals surface area contributed by atoms with Crippen molar-refractivity contribution >= 4 is 11.9 Å². The van der Waals surface area contributed by atoms with Crippen LogP contribution in [0, 0.1) is 0 Å². The molecule has 21 heavy (non-hydrogen) atoms. The highest BCUT2D eigenvalue weighted by molar-refractivity contribution is 5.91. The quantitative estimate of drug-likeness (QED) is 0.327. The van der Waals surface area contributed by atoms with Gasteiger partial charge in [0.25, 0.3) is 0 Å². The van der Waals surface area contributed by atoms with Crippen LogP contribution in [-0.2, 0) is 4.79 Å². The molecule has 1 rings (SSSR count). The molecule has 1 N–H and O–H groups in total. The van der Waals surface area contributed by atoms with Crippen LogP contribution < -0.4 is 9.47 Å². The number of esters is 1. The Morgan fingerprint density at radius 1 is 1.29 bits per heavy atom. The van der Waals surface area contributed by atoms with Crippen LogP contribution in [0.5, 0.6) is 11.5 Å². The standard InChI is InChI=1S/C16H20O5/c1-3-5-6-7-10-20-14-11-12(21-15(17)4-2)8-9-13(14)16(18)19/h4,8-9,11H,2-3,5-7,10H2,1H3,(H,18,19). The molecular weight excluding hydrogens is 272 g/mol. The number of carbonyl (C=O) groups excluding carboxylic acids is 1. The molecular formula is C16H20O5. The molecule has 0 amide bonds. The number of rotatable bonds is 9. The fraction of sp³-hybridized carbons (Fsp3) is 0.375. The van der Waals surface area contributed by atoms with Gasteiger partial charge in [-0.15, -0.1) is 0 Å². The van der Waals surface area contributed by atoms with Crippen molar-refractivity contribution in [2.24, 2.45) is 0 Å². The van der Waals surface area contributed by atoms with Crippen LogP contribution in [0.2, 0.25) is 0 Å². The summed E-state index contributed by atoms with van der Waals surface area (Å²) >= 11 is 0. The van der Waals surface area contributed by atoms with Crippen LogP contribution in [0.3, 0.4) is 0 Å². The lowest BCUT2D eigenvalue weighted by atomic mass is 10.2. The predicted octanol–water partition coefficient (Wildman–Crippen LogP) is 3.44. The third-order valence-corrected chi connectivity index (χ3v) is 2.82. The summed E-state index contributed by atoms with van der Waals surface area (Å²) in [5.41, 5.74) is 0.0453. The van der Waals surface area contributed by atoms with Crippen LogP contribution in [0.1, 0.15) is 43.0 Å². The molecule has 0 saturated heterocycles. The van der Waals surface area contributed by atoms with Crippen LogP contribution in [-0.4, -0.2) is 23.7 Å².